The van der Waals surface area contributed by atoms with Crippen LogP contribution >= 0.6 is 0 Å². The molecule has 0 saturated carbocycles. The van der Waals surface area contributed by atoms with Gasteiger partial charge in [0.1, 0.15) is 29.8 Å². The number of methoxy groups -OCH3 is 2. The van der Waals surface area contributed by atoms with Gasteiger partial charge in [0.05, 0.1) is 61.0 Å². The molecule has 6 aliphatic heterocycles. The van der Waals surface area contributed by atoms with Crippen LogP contribution in [0.25, 0.3) is 0 Å². The molecular weight excluding hydrogens is 911 g/mol. The van der Waals surface area contributed by atoms with Gasteiger partial charge in [-0.05, 0) is 87.9 Å². The molecule has 2 bridgehead atoms. The third-order valence-corrected chi connectivity index (χ3v) is 21.8. The molecule has 0 amide bonds. The summed E-state index contributed by atoms with van der Waals surface area (Å²) >= 11 is 0. The van der Waals surface area contributed by atoms with Crippen LogP contribution in [0.3, 0.4) is 0 Å². The lowest BCUT2D eigenvalue weighted by atomic mass is 9.71. The summed E-state index contributed by atoms with van der Waals surface area (Å²) in [5, 5.41) is 13.1. The molecule has 1 spiro atoms. The smallest absolute Gasteiger partial charge is 0.316 e. The maximum Gasteiger partial charge on any atom is 0.316 e. The normalized spacial score (nSPS) is 46.5. The third kappa shape index (κ3) is 11.3. The van der Waals surface area contributed by atoms with Gasteiger partial charge in [-0.25, -0.2) is 0 Å². The number of hydrogen-bond acceptors (Lipinski definition) is 14. The van der Waals surface area contributed by atoms with Crippen LogP contribution < -0.4 is 5.73 Å². The zero-order valence-electron chi connectivity index (χ0n) is 45.2. The molecule has 0 aromatic rings. The van der Waals surface area contributed by atoms with Gasteiger partial charge in [0, 0.05) is 51.7 Å². The molecule has 4 fully saturated rings. The van der Waals surface area contributed by atoms with E-state index in [-0.39, 0.29) is 59.9 Å². The number of nitrogens with two attached hydrogens (primary N) is 1. The number of aliphatic hydroxyl groups is 1. The first-order chi connectivity index (χ1) is 32.8. The zero-order chi connectivity index (χ0) is 51.3. The van der Waals surface area contributed by atoms with Crippen LogP contribution in [-0.2, 0) is 56.6 Å². The fourth-order valence-corrected chi connectivity index (χ4v) is 12.7. The Labute approximate surface area is 420 Å². The topological polar surface area (TPSA) is 165 Å². The van der Waals surface area contributed by atoms with Gasteiger partial charge in [0.2, 0.25) is 0 Å². The van der Waals surface area contributed by atoms with Gasteiger partial charge in [-0.15, -0.1) is 0 Å². The fourth-order valence-electron chi connectivity index (χ4n) is 11.4. The van der Waals surface area contributed by atoms with Gasteiger partial charge in [-0.3, -0.25) is 4.79 Å². The number of carbonyl (C=O) groups is 1. The van der Waals surface area contributed by atoms with E-state index in [9.17, 15) is 9.90 Å². The van der Waals surface area contributed by atoms with E-state index in [2.05, 4.69) is 86.7 Å². The number of allylic oxidation sites excluding steroid dienone is 2. The van der Waals surface area contributed by atoms with Gasteiger partial charge in [-0.2, -0.15) is 0 Å². The molecule has 6 heterocycles. The summed E-state index contributed by atoms with van der Waals surface area (Å²) < 4.78 is 72.7. The van der Waals surface area contributed by atoms with E-state index in [1.165, 1.54) is 0 Å². The van der Waals surface area contributed by atoms with Crippen molar-refractivity contribution in [2.75, 3.05) is 20.8 Å². The second kappa shape index (κ2) is 21.6. The Balaban J connectivity index is 1.22. The number of hydrogen-bond donors (Lipinski definition) is 2. The average molecular weight is 1000 g/mol. The third-order valence-electron chi connectivity index (χ3n) is 17.4. The molecular formula is C55H89NO13Si. The highest BCUT2D eigenvalue weighted by atomic mass is 28.4. The summed E-state index contributed by atoms with van der Waals surface area (Å²) in [6.07, 6.45) is 11.5. The van der Waals surface area contributed by atoms with E-state index in [1.807, 2.05) is 52.0 Å². The molecule has 0 radical (unpaired) electrons. The van der Waals surface area contributed by atoms with Crippen molar-refractivity contribution >= 4 is 14.3 Å². The lowest BCUT2D eigenvalue weighted by Crippen LogP contribution is -2.63. The first-order valence-corrected chi connectivity index (χ1v) is 29.1. The van der Waals surface area contributed by atoms with Crippen molar-refractivity contribution in [3.8, 4) is 0 Å². The predicted molar refractivity (Wildman–Crippen MR) is 270 cm³/mol. The van der Waals surface area contributed by atoms with Crippen LogP contribution in [0.4, 0.5) is 0 Å². The van der Waals surface area contributed by atoms with Crippen molar-refractivity contribution in [2.45, 2.75) is 236 Å². The van der Waals surface area contributed by atoms with Crippen LogP contribution in [0, 0.1) is 23.7 Å². The molecule has 1 aliphatic carbocycles. The highest BCUT2D eigenvalue weighted by Crippen LogP contribution is 2.50. The van der Waals surface area contributed by atoms with Crippen LogP contribution in [0.15, 0.2) is 59.3 Å². The van der Waals surface area contributed by atoms with Gasteiger partial charge in [0.15, 0.2) is 26.7 Å². The van der Waals surface area contributed by atoms with Crippen molar-refractivity contribution in [1.82, 2.24) is 0 Å². The summed E-state index contributed by atoms with van der Waals surface area (Å²) in [7, 11) is 0.979. The Morgan fingerprint density at radius 2 is 1.64 bits per heavy atom. The maximum absolute atomic E-state index is 14.9. The second-order valence-corrected chi connectivity index (χ2v) is 28.3. The predicted octanol–water partition coefficient (Wildman–Crippen LogP) is 8.76. The zero-order valence-corrected chi connectivity index (χ0v) is 46.2. The Kier molecular flexibility index (Phi) is 17.2. The van der Waals surface area contributed by atoms with E-state index in [0.717, 1.165) is 17.6 Å². The second-order valence-electron chi connectivity index (χ2n) is 23.6. The van der Waals surface area contributed by atoms with E-state index in [1.54, 1.807) is 14.2 Å². The van der Waals surface area contributed by atoms with E-state index in [4.69, 9.17) is 57.5 Å². The Bertz CT molecular complexity index is 1990. The quantitative estimate of drug-likeness (QED) is 0.121. The van der Waals surface area contributed by atoms with Gasteiger partial charge in [-0.1, -0.05) is 91.3 Å². The molecule has 3 N–H and O–H groups in total. The molecule has 14 nitrogen and oxygen atoms in total. The molecule has 4 saturated heterocycles. The Hall–Kier alpha value is -2.09. The molecule has 15 heteroatoms. The van der Waals surface area contributed by atoms with Crippen molar-refractivity contribution < 1.29 is 61.7 Å². The largest absolute Gasteiger partial charge is 0.462 e. The van der Waals surface area contributed by atoms with E-state index in [0.29, 0.717) is 37.7 Å². The molecule has 0 unspecified atom stereocenters. The van der Waals surface area contributed by atoms with Crippen molar-refractivity contribution in [3.63, 3.8) is 0 Å². The molecule has 0 aromatic carbocycles. The highest BCUT2D eigenvalue weighted by Gasteiger charge is 2.62. The van der Waals surface area contributed by atoms with Crippen LogP contribution in [0.5, 0.6) is 0 Å². The van der Waals surface area contributed by atoms with E-state index >= 15 is 0 Å². The SMILES string of the molecule is CC[C@H](C)[C@H]1O[C@]2(C=C[C@@H]1C)C[C@@H]1C[C@@H](C/C=C(\C)[C@@H](O[C@H]3C[C@H](OC)[C@@H](O[C@H]4C[C@H](OC)[C@@](C)(N)[C@H](C)O4)[C@H](C)O3)[C@@H](C)/C=C/C=C3\CO[C@@H]4[C@H](O[Si](C)(C)C(C)(C)C)C(C)=C[C@@H](C(=O)O1)[C@]34O)O2. The van der Waals surface area contributed by atoms with Gasteiger partial charge >= 0.3 is 5.97 Å². The summed E-state index contributed by atoms with van der Waals surface area (Å²) in [5.74, 6) is -2.37. The lowest BCUT2D eigenvalue weighted by Gasteiger charge is -2.49. The molecule has 0 aromatic heterocycles. The standard InChI is InChI=1S/C55H89NO13Si/c1-17-31(2)47-34(5)23-24-54(68-47)29-40-26-39(67-54)22-21-33(4)46(65-44-27-42(59-13)49(36(7)62-44)66-45-28-43(60-14)53(12,56)37(8)63-45)32(3)19-18-20-38-30-61-50-48(69-70(15,16)52(9,10)11)35(6)25-41(51(57)64-40)55(38,50)58/h18-21,23-25,31-32,34,36-37,39-50,58H,17,22,26-30,56H2,1-16H3/b19-18+,33-21+,38-20+/t31-,32-,34-,36-,37-,39+,40-,41-,42-,43-,44-,45-,46-,47+,48+,49-,50+,53-,54+,55+/m0/s1. The molecule has 20 atom stereocenters. The summed E-state index contributed by atoms with van der Waals surface area (Å²) in [4.78, 5) is 14.9. The number of esters is 1. The van der Waals surface area contributed by atoms with Crippen LogP contribution in [0.2, 0.25) is 18.1 Å². The van der Waals surface area contributed by atoms with Crippen LogP contribution in [-0.4, -0.2) is 137 Å². The van der Waals surface area contributed by atoms with E-state index < -0.39 is 86.3 Å². The first kappa shape index (κ1) is 55.7. The number of carbonyl (C=O) groups excluding carboxylic acids is 1. The number of fused-ring (bicyclic) bond motifs is 2. The Morgan fingerprint density at radius 1 is 0.929 bits per heavy atom. The molecule has 70 heavy (non-hydrogen) atoms. The van der Waals surface area contributed by atoms with Gasteiger partial charge in [0.25, 0.3) is 0 Å². The summed E-state index contributed by atoms with van der Waals surface area (Å²) in [5.41, 5.74) is 6.61. The summed E-state index contributed by atoms with van der Waals surface area (Å²) in [6, 6.07) is 0. The van der Waals surface area contributed by atoms with Gasteiger partial charge < -0.3 is 62.6 Å². The maximum atomic E-state index is 14.9. The Morgan fingerprint density at radius 3 is 2.31 bits per heavy atom. The molecule has 7 aliphatic rings. The molecule has 7 rings (SSSR count). The minimum Gasteiger partial charge on any atom is -0.462 e. The van der Waals surface area contributed by atoms with Crippen molar-refractivity contribution in [2.24, 2.45) is 29.4 Å². The average Bonchev–Trinajstić information content (AvgIpc) is 3.63. The number of ether oxygens (including phenoxy) is 10. The van der Waals surface area contributed by atoms with Crippen molar-refractivity contribution in [1.29, 1.82) is 0 Å². The minimum atomic E-state index is -2.37. The summed E-state index contributed by atoms with van der Waals surface area (Å²) in [6.45, 7) is 29.7. The monoisotopic (exact) mass is 1000 g/mol. The first-order valence-electron chi connectivity index (χ1n) is 26.2. The van der Waals surface area contributed by atoms with Crippen molar-refractivity contribution in [3.05, 3.63) is 59.3 Å². The highest BCUT2D eigenvalue weighted by molar-refractivity contribution is 6.74. The van der Waals surface area contributed by atoms with Crippen LogP contribution in [0.1, 0.15) is 122 Å². The fraction of sp³-hybridized carbons (Fsp3) is 0.800. The molecule has 396 valence electrons. The minimum absolute atomic E-state index is 0.0844. The lowest BCUT2D eigenvalue weighted by molar-refractivity contribution is -0.315. The number of rotatable bonds is 10.